The van der Waals surface area contributed by atoms with Crippen LogP contribution < -0.4 is 10.5 Å². The number of hydrogen-bond donors (Lipinski definition) is 0. The van der Waals surface area contributed by atoms with Gasteiger partial charge in [0.25, 0.3) is 5.56 Å². The van der Waals surface area contributed by atoms with Gasteiger partial charge in [-0.25, -0.2) is 4.98 Å². The van der Waals surface area contributed by atoms with E-state index >= 15 is 0 Å². The largest absolute Gasteiger partial charge is 0.378 e. The van der Waals surface area contributed by atoms with Gasteiger partial charge in [0.1, 0.15) is 0 Å². The molecule has 3 heterocycles. The first-order chi connectivity index (χ1) is 12.7. The zero-order valence-electron chi connectivity index (χ0n) is 13.9. The quantitative estimate of drug-likeness (QED) is 0.383. The Morgan fingerprint density at radius 1 is 1.00 bits per heavy atom. The third kappa shape index (κ3) is 2.34. The Morgan fingerprint density at radius 2 is 1.77 bits per heavy atom. The van der Waals surface area contributed by atoms with E-state index in [2.05, 4.69) is 10.00 Å². The van der Waals surface area contributed by atoms with Crippen LogP contribution in [0.25, 0.3) is 27.3 Å². The van der Waals surface area contributed by atoms with E-state index in [1.54, 1.807) is 18.2 Å². The minimum Gasteiger partial charge on any atom is -0.378 e. The number of fused-ring (bicyclic) bond motifs is 4. The van der Waals surface area contributed by atoms with Crippen molar-refractivity contribution in [2.45, 2.75) is 0 Å². The standard InChI is InChI=1S/C19H15ClN4O2/c20-12-5-6-16-15(11-12)19(25)24-17(21-16)13-3-1-2-4-14(13)18(22-24)23-7-9-26-10-8-23/h1-6,11H,7-10H2. The fourth-order valence-electron chi connectivity index (χ4n) is 3.45. The van der Waals surface area contributed by atoms with Gasteiger partial charge < -0.3 is 9.64 Å². The summed E-state index contributed by atoms with van der Waals surface area (Å²) in [5, 5.41) is 7.53. The van der Waals surface area contributed by atoms with Crippen molar-refractivity contribution < 1.29 is 4.74 Å². The monoisotopic (exact) mass is 366 g/mol. The first-order valence-corrected chi connectivity index (χ1v) is 8.84. The van der Waals surface area contributed by atoms with Gasteiger partial charge in [-0.3, -0.25) is 4.79 Å². The summed E-state index contributed by atoms with van der Waals surface area (Å²) in [5.41, 5.74) is 0.954. The number of ether oxygens (including phenoxy) is 1. The fraction of sp³-hybridized carbons (Fsp3) is 0.211. The maximum Gasteiger partial charge on any atom is 0.282 e. The molecule has 2 aromatic heterocycles. The van der Waals surface area contributed by atoms with Gasteiger partial charge in [-0.05, 0) is 18.2 Å². The van der Waals surface area contributed by atoms with E-state index in [4.69, 9.17) is 21.3 Å². The van der Waals surface area contributed by atoms with Crippen LogP contribution in [0.3, 0.4) is 0 Å². The molecule has 5 rings (SSSR count). The average molecular weight is 367 g/mol. The van der Waals surface area contributed by atoms with E-state index in [0.717, 1.165) is 29.7 Å². The molecule has 0 N–H and O–H groups in total. The molecule has 0 amide bonds. The summed E-state index contributed by atoms with van der Waals surface area (Å²) in [6.45, 7) is 2.78. The van der Waals surface area contributed by atoms with Crippen LogP contribution in [-0.4, -0.2) is 40.9 Å². The third-order valence-corrected chi connectivity index (χ3v) is 4.96. The number of benzene rings is 2. The van der Waals surface area contributed by atoms with Crippen molar-refractivity contribution >= 4 is 44.7 Å². The van der Waals surface area contributed by atoms with Crippen molar-refractivity contribution in [2.75, 3.05) is 31.2 Å². The molecule has 0 bridgehead atoms. The van der Waals surface area contributed by atoms with Crippen LogP contribution in [0.1, 0.15) is 0 Å². The lowest BCUT2D eigenvalue weighted by molar-refractivity contribution is 0.122. The SMILES string of the molecule is O=c1c2cc(Cl)ccc2nc2c3ccccc3c(N3CCOCC3)nn12. The second-order valence-electron chi connectivity index (χ2n) is 6.28. The average Bonchev–Trinajstić information content (AvgIpc) is 2.69. The predicted octanol–water partition coefficient (Wildman–Crippen LogP) is 2.89. The molecule has 2 aromatic carbocycles. The highest BCUT2D eigenvalue weighted by atomic mass is 35.5. The molecule has 0 spiro atoms. The first-order valence-electron chi connectivity index (χ1n) is 8.46. The first kappa shape index (κ1) is 15.5. The minimum absolute atomic E-state index is 0.215. The van der Waals surface area contributed by atoms with Crippen molar-refractivity contribution in [2.24, 2.45) is 0 Å². The summed E-state index contributed by atoms with van der Waals surface area (Å²) in [4.78, 5) is 19.9. The van der Waals surface area contributed by atoms with Crippen LogP contribution in [0.2, 0.25) is 5.02 Å². The predicted molar refractivity (Wildman–Crippen MR) is 102 cm³/mol. The number of hydrogen-bond acceptors (Lipinski definition) is 5. The number of halogens is 1. The molecule has 0 radical (unpaired) electrons. The normalized spacial score (nSPS) is 15.2. The molecule has 0 atom stereocenters. The highest BCUT2D eigenvalue weighted by molar-refractivity contribution is 6.31. The molecule has 26 heavy (non-hydrogen) atoms. The Bertz CT molecular complexity index is 1210. The molecular formula is C19H15ClN4O2. The van der Waals surface area contributed by atoms with E-state index in [9.17, 15) is 4.79 Å². The Morgan fingerprint density at radius 3 is 2.58 bits per heavy atom. The number of nitrogens with zero attached hydrogens (tertiary/aromatic N) is 4. The zero-order valence-corrected chi connectivity index (χ0v) is 14.6. The van der Waals surface area contributed by atoms with Crippen molar-refractivity contribution in [1.82, 2.24) is 14.6 Å². The van der Waals surface area contributed by atoms with Gasteiger partial charge in [0.15, 0.2) is 11.5 Å². The molecule has 6 nitrogen and oxygen atoms in total. The van der Waals surface area contributed by atoms with Crippen LogP contribution in [0.4, 0.5) is 5.82 Å². The summed E-state index contributed by atoms with van der Waals surface area (Å²) in [6, 6.07) is 13.1. The van der Waals surface area contributed by atoms with Crippen LogP contribution >= 0.6 is 11.6 Å². The fourth-order valence-corrected chi connectivity index (χ4v) is 3.62. The molecule has 7 heteroatoms. The van der Waals surface area contributed by atoms with E-state index in [1.807, 2.05) is 24.3 Å². The highest BCUT2D eigenvalue weighted by Crippen LogP contribution is 2.28. The second-order valence-corrected chi connectivity index (χ2v) is 6.72. The van der Waals surface area contributed by atoms with Crippen LogP contribution in [0, 0.1) is 0 Å². The Labute approximate surface area is 153 Å². The van der Waals surface area contributed by atoms with Crippen molar-refractivity contribution in [3.05, 3.63) is 57.8 Å². The van der Waals surface area contributed by atoms with E-state index in [1.165, 1.54) is 4.52 Å². The molecule has 4 aromatic rings. The lowest BCUT2D eigenvalue weighted by Gasteiger charge is -2.28. The van der Waals surface area contributed by atoms with Gasteiger partial charge in [-0.1, -0.05) is 35.9 Å². The molecule has 0 unspecified atom stereocenters. The molecule has 1 saturated heterocycles. The number of morpholine rings is 1. The summed E-state index contributed by atoms with van der Waals surface area (Å²) in [7, 11) is 0. The topological polar surface area (TPSA) is 59.7 Å². The van der Waals surface area contributed by atoms with Crippen LogP contribution in [-0.2, 0) is 4.74 Å². The van der Waals surface area contributed by atoms with E-state index in [0.29, 0.717) is 34.8 Å². The number of rotatable bonds is 1. The van der Waals surface area contributed by atoms with Gasteiger partial charge in [-0.2, -0.15) is 4.52 Å². The summed E-state index contributed by atoms with van der Waals surface area (Å²) >= 11 is 6.07. The highest BCUT2D eigenvalue weighted by Gasteiger charge is 2.19. The van der Waals surface area contributed by atoms with Gasteiger partial charge in [0, 0.05) is 28.9 Å². The maximum atomic E-state index is 13.1. The van der Waals surface area contributed by atoms with E-state index < -0.39 is 0 Å². The lowest BCUT2D eigenvalue weighted by atomic mass is 10.1. The van der Waals surface area contributed by atoms with Crippen LogP contribution in [0.15, 0.2) is 47.3 Å². The van der Waals surface area contributed by atoms with Gasteiger partial charge in [-0.15, -0.1) is 5.10 Å². The van der Waals surface area contributed by atoms with Crippen LogP contribution in [0.5, 0.6) is 0 Å². The van der Waals surface area contributed by atoms with Crippen molar-refractivity contribution in [1.29, 1.82) is 0 Å². The Hall–Kier alpha value is -2.70. The van der Waals surface area contributed by atoms with Gasteiger partial charge in [0.05, 0.1) is 24.1 Å². The molecular weight excluding hydrogens is 352 g/mol. The number of aromatic nitrogens is 3. The second kappa shape index (κ2) is 5.93. The minimum atomic E-state index is -0.215. The van der Waals surface area contributed by atoms with E-state index in [-0.39, 0.29) is 5.56 Å². The Kier molecular flexibility index (Phi) is 3.55. The molecule has 1 fully saturated rings. The van der Waals surface area contributed by atoms with Gasteiger partial charge in [0.2, 0.25) is 0 Å². The van der Waals surface area contributed by atoms with Gasteiger partial charge >= 0.3 is 0 Å². The summed E-state index contributed by atoms with van der Waals surface area (Å²) in [6.07, 6.45) is 0. The maximum absolute atomic E-state index is 13.1. The summed E-state index contributed by atoms with van der Waals surface area (Å²) < 4.78 is 6.84. The lowest BCUT2D eigenvalue weighted by Crippen LogP contribution is -2.37. The van der Waals surface area contributed by atoms with Crippen molar-refractivity contribution in [3.63, 3.8) is 0 Å². The molecule has 0 aliphatic carbocycles. The molecule has 1 aliphatic rings. The third-order valence-electron chi connectivity index (χ3n) is 4.72. The Balaban J connectivity index is 1.92. The zero-order chi connectivity index (χ0) is 17.7. The van der Waals surface area contributed by atoms with Crippen molar-refractivity contribution in [3.8, 4) is 0 Å². The molecule has 1 aliphatic heterocycles. The number of anilines is 1. The molecule has 0 saturated carbocycles. The summed E-state index contributed by atoms with van der Waals surface area (Å²) in [5.74, 6) is 0.779. The smallest absolute Gasteiger partial charge is 0.282 e. The molecule has 130 valence electrons.